The van der Waals surface area contributed by atoms with E-state index < -0.39 is 72.1 Å². The first-order chi connectivity index (χ1) is 24.3. The lowest BCUT2D eigenvalue weighted by molar-refractivity contribution is -0.358. The van der Waals surface area contributed by atoms with Gasteiger partial charge in [0.25, 0.3) is 0 Å². The highest BCUT2D eigenvalue weighted by molar-refractivity contribution is 5.76. The predicted octanol–water partition coefficient (Wildman–Crippen LogP) is 3.13. The Kier molecular flexibility index (Phi) is 9.92. The summed E-state index contributed by atoms with van der Waals surface area (Å²) in [4.78, 5) is 13.0. The third-order valence-corrected chi connectivity index (χ3v) is 16.6. The molecule has 0 spiro atoms. The number of carboxylic acid groups (broad SMARTS) is 1. The first kappa shape index (κ1) is 39.1. The lowest BCUT2D eigenvalue weighted by Crippen LogP contribution is -2.67. The zero-order valence-corrected chi connectivity index (χ0v) is 31.9. The van der Waals surface area contributed by atoms with Crippen molar-refractivity contribution >= 4 is 5.97 Å². The number of aliphatic carboxylic acids is 1. The summed E-state index contributed by atoms with van der Waals surface area (Å²) >= 11 is 0. The van der Waals surface area contributed by atoms with Crippen LogP contribution in [0.1, 0.15) is 106 Å². The van der Waals surface area contributed by atoms with E-state index in [1.165, 1.54) is 5.57 Å². The summed E-state index contributed by atoms with van der Waals surface area (Å²) in [6.07, 6.45) is -0.763. The van der Waals surface area contributed by atoms with Crippen molar-refractivity contribution in [3.63, 3.8) is 0 Å². The van der Waals surface area contributed by atoms with Gasteiger partial charge in [0.15, 0.2) is 12.6 Å². The van der Waals surface area contributed by atoms with Crippen molar-refractivity contribution in [1.29, 1.82) is 0 Å². The highest BCUT2D eigenvalue weighted by Gasteiger charge is 2.70. The summed E-state index contributed by atoms with van der Waals surface area (Å²) in [6, 6.07) is 0. The van der Waals surface area contributed by atoms with Gasteiger partial charge in [-0.05, 0) is 104 Å². The molecule has 0 unspecified atom stereocenters. The molecule has 17 atom stereocenters. The van der Waals surface area contributed by atoms with Crippen molar-refractivity contribution in [3.05, 3.63) is 11.6 Å². The molecule has 5 aliphatic carbocycles. The van der Waals surface area contributed by atoms with Crippen LogP contribution in [0.5, 0.6) is 0 Å². The zero-order chi connectivity index (χ0) is 37.8. The quantitative estimate of drug-likeness (QED) is 0.156. The van der Waals surface area contributed by atoms with Crippen LogP contribution in [0.4, 0.5) is 0 Å². The van der Waals surface area contributed by atoms with E-state index in [1.807, 2.05) is 0 Å². The van der Waals surface area contributed by atoms with E-state index in [0.29, 0.717) is 18.8 Å². The Balaban J connectivity index is 1.15. The van der Waals surface area contributed by atoms with Gasteiger partial charge in [-0.2, -0.15) is 0 Å². The van der Waals surface area contributed by atoms with E-state index in [0.717, 1.165) is 51.4 Å². The molecule has 0 amide bonds. The van der Waals surface area contributed by atoms with E-state index >= 15 is 0 Å². The molecule has 12 heteroatoms. The largest absolute Gasteiger partial charge is 0.481 e. The summed E-state index contributed by atoms with van der Waals surface area (Å²) in [5.41, 5.74) is -0.220. The number of ether oxygens (including phenoxy) is 4. The Hall–Kier alpha value is -1.19. The third kappa shape index (κ3) is 5.63. The molecular formula is C40H64O12. The minimum absolute atomic E-state index is 0.0376. The minimum Gasteiger partial charge on any atom is -0.481 e. The summed E-state index contributed by atoms with van der Waals surface area (Å²) in [5.74, 6) is -0.185. The Morgan fingerprint density at radius 2 is 1.44 bits per heavy atom. The van der Waals surface area contributed by atoms with Crippen LogP contribution in [0.2, 0.25) is 0 Å². The lowest BCUT2D eigenvalue weighted by atomic mass is 9.33. The van der Waals surface area contributed by atoms with Crippen LogP contribution in [0.25, 0.3) is 0 Å². The fourth-order valence-corrected chi connectivity index (χ4v) is 13.1. The van der Waals surface area contributed by atoms with E-state index in [-0.39, 0.29) is 53.3 Å². The van der Waals surface area contributed by atoms with Crippen molar-refractivity contribution in [2.75, 3.05) is 19.8 Å². The van der Waals surface area contributed by atoms with Gasteiger partial charge in [-0.1, -0.05) is 53.2 Å². The van der Waals surface area contributed by atoms with Crippen LogP contribution in [0.3, 0.4) is 0 Å². The number of hydrogen-bond donors (Lipinski definition) is 7. The second-order valence-corrected chi connectivity index (χ2v) is 19.6. The van der Waals surface area contributed by atoms with E-state index in [9.17, 15) is 40.5 Å². The molecule has 7 aliphatic rings. The van der Waals surface area contributed by atoms with Gasteiger partial charge in [-0.3, -0.25) is 4.79 Å². The molecule has 0 aromatic carbocycles. The maximum Gasteiger partial charge on any atom is 0.310 e. The molecule has 4 saturated carbocycles. The molecule has 2 heterocycles. The van der Waals surface area contributed by atoms with Gasteiger partial charge in [0, 0.05) is 5.41 Å². The highest BCUT2D eigenvalue weighted by atomic mass is 16.7. The molecule has 12 nitrogen and oxygen atoms in total. The molecule has 296 valence electrons. The third-order valence-electron chi connectivity index (χ3n) is 16.6. The van der Waals surface area contributed by atoms with E-state index in [1.54, 1.807) is 0 Å². The highest BCUT2D eigenvalue weighted by Crippen LogP contribution is 2.76. The second kappa shape index (κ2) is 13.2. The molecule has 7 rings (SSSR count). The summed E-state index contributed by atoms with van der Waals surface area (Å²) in [6.45, 7) is 13.3. The lowest BCUT2D eigenvalue weighted by Gasteiger charge is -2.71. The van der Waals surface area contributed by atoms with E-state index in [4.69, 9.17) is 18.9 Å². The number of carbonyl (C=O) groups is 1. The van der Waals surface area contributed by atoms with Gasteiger partial charge in [0.2, 0.25) is 0 Å². The Bertz CT molecular complexity index is 1400. The van der Waals surface area contributed by atoms with Gasteiger partial charge in [-0.15, -0.1) is 0 Å². The SMILES string of the molecule is CC1(C)CC[C@]2(C(=O)O)CC[C@]3(C)C(=CC[C@@H]4[C@@]5(C)CC[C@H](O[C@@H]6OC[C@H](O)[C@H](O)[C@H]6O[C@@H]6OC[C@@H](O)[C@H](O)[C@H]6O)[C@@](C)(CO)[C@@H]5CC[C@]43C)[C@@H]2C1. The van der Waals surface area contributed by atoms with Crippen molar-refractivity contribution in [3.8, 4) is 0 Å². The molecule has 0 aromatic heterocycles. The summed E-state index contributed by atoms with van der Waals surface area (Å²) in [5, 5.41) is 74.2. The molecular weight excluding hydrogens is 672 g/mol. The van der Waals surface area contributed by atoms with Gasteiger partial charge in [0.05, 0.1) is 31.3 Å². The molecule has 7 N–H and O–H groups in total. The van der Waals surface area contributed by atoms with Gasteiger partial charge >= 0.3 is 5.97 Å². The average Bonchev–Trinajstić information content (AvgIpc) is 3.09. The number of hydrogen-bond acceptors (Lipinski definition) is 11. The van der Waals surface area contributed by atoms with Crippen molar-refractivity contribution in [2.24, 2.45) is 50.2 Å². The molecule has 2 saturated heterocycles. The standard InChI is InChI=1S/C40H64O12/c1-35(2)13-15-40(34(47)48)16-14-38(5)21(22(40)17-35)7-8-26-36(3)11-10-27(37(4,20-41)25(36)9-12-39(26,38)6)51-33-31(29(45)24(43)19-50-33)52-32-30(46)28(44)23(42)18-49-32/h7,22-33,41-46H,8-20H2,1-6H3,(H,47,48)/t22-,23+,24-,25+,26+,27-,28-,29-,30+,31+,32-,33-,36-,37-,38+,39+,40-/m0/s1. The van der Waals surface area contributed by atoms with Crippen LogP contribution in [0.15, 0.2) is 11.6 Å². The van der Waals surface area contributed by atoms with Gasteiger partial charge in [0.1, 0.15) is 36.6 Å². The topological polar surface area (TPSA) is 196 Å². The van der Waals surface area contributed by atoms with Gasteiger partial charge < -0.3 is 54.7 Å². The van der Waals surface area contributed by atoms with Crippen molar-refractivity contribution in [2.45, 2.75) is 161 Å². The van der Waals surface area contributed by atoms with Crippen molar-refractivity contribution in [1.82, 2.24) is 0 Å². The molecule has 52 heavy (non-hydrogen) atoms. The predicted molar refractivity (Wildman–Crippen MR) is 187 cm³/mol. The van der Waals surface area contributed by atoms with Crippen molar-refractivity contribution < 1.29 is 59.5 Å². The molecule has 0 aromatic rings. The fraction of sp³-hybridized carbons (Fsp3) is 0.925. The van der Waals surface area contributed by atoms with Crippen LogP contribution < -0.4 is 0 Å². The smallest absolute Gasteiger partial charge is 0.310 e. The number of fused-ring (bicyclic) bond motifs is 7. The Morgan fingerprint density at radius 3 is 2.12 bits per heavy atom. The monoisotopic (exact) mass is 736 g/mol. The summed E-state index contributed by atoms with van der Waals surface area (Å²) in [7, 11) is 0. The minimum atomic E-state index is -1.61. The maximum absolute atomic E-state index is 13.0. The Morgan fingerprint density at radius 1 is 0.788 bits per heavy atom. The number of allylic oxidation sites excluding steroid dienone is 2. The zero-order valence-electron chi connectivity index (χ0n) is 31.9. The number of rotatable bonds is 6. The van der Waals surface area contributed by atoms with E-state index in [2.05, 4.69) is 47.6 Å². The summed E-state index contributed by atoms with van der Waals surface area (Å²) < 4.78 is 24.0. The Labute approximate surface area is 307 Å². The molecule has 2 aliphatic heterocycles. The average molecular weight is 737 g/mol. The maximum atomic E-state index is 13.0. The number of aliphatic hydroxyl groups is 6. The van der Waals surface area contributed by atoms with Crippen LogP contribution in [-0.2, 0) is 23.7 Å². The number of aliphatic hydroxyl groups excluding tert-OH is 6. The van der Waals surface area contributed by atoms with Gasteiger partial charge in [-0.25, -0.2) is 0 Å². The normalized spacial score (nSPS) is 54.5. The first-order valence-electron chi connectivity index (χ1n) is 19.8. The van der Waals surface area contributed by atoms with Crippen LogP contribution in [0, 0.1) is 50.2 Å². The van der Waals surface area contributed by atoms with Crippen LogP contribution in [-0.4, -0.2) is 117 Å². The molecule has 6 fully saturated rings. The first-order valence-corrected chi connectivity index (χ1v) is 19.8. The number of carboxylic acids is 1. The van der Waals surface area contributed by atoms with Crippen LogP contribution >= 0.6 is 0 Å². The second-order valence-electron chi connectivity index (χ2n) is 19.6. The fourth-order valence-electron chi connectivity index (χ4n) is 13.1. The molecule has 0 radical (unpaired) electrons. The molecule has 0 bridgehead atoms.